The quantitative estimate of drug-likeness (QED) is 0.799. The summed E-state index contributed by atoms with van der Waals surface area (Å²) in [5, 5.41) is 3.06. The second-order valence-electron chi connectivity index (χ2n) is 6.99. The number of nitrogens with zero attached hydrogens (tertiary/aromatic N) is 1. The minimum Gasteiger partial charge on any atom is -0.494 e. The fourth-order valence-corrected chi connectivity index (χ4v) is 3.31. The molecule has 2 amide bonds. The fraction of sp³-hybridized carbons (Fsp3) is 0.381. The van der Waals surface area contributed by atoms with E-state index in [2.05, 4.69) is 5.32 Å². The van der Waals surface area contributed by atoms with E-state index in [4.69, 9.17) is 4.74 Å². The van der Waals surface area contributed by atoms with Gasteiger partial charge in [0.25, 0.3) is 0 Å². The van der Waals surface area contributed by atoms with E-state index < -0.39 is 5.82 Å². The molecule has 0 heterocycles. The number of urea groups is 1. The zero-order valence-corrected chi connectivity index (χ0v) is 15.5. The molecule has 0 saturated heterocycles. The minimum absolute atomic E-state index is 0.151. The molecule has 1 aliphatic carbocycles. The van der Waals surface area contributed by atoms with Crippen LogP contribution in [0.3, 0.4) is 0 Å². The first-order chi connectivity index (χ1) is 13.0. The average Bonchev–Trinajstić information content (AvgIpc) is 2.60. The van der Waals surface area contributed by atoms with Crippen molar-refractivity contribution in [3.8, 4) is 5.75 Å². The van der Waals surface area contributed by atoms with Gasteiger partial charge in [0.15, 0.2) is 11.6 Å². The molecular formula is C21H24F2N2O2. The molecule has 0 bridgehead atoms. The van der Waals surface area contributed by atoms with Crippen molar-refractivity contribution in [1.82, 2.24) is 10.2 Å². The Kier molecular flexibility index (Phi) is 5.94. The predicted octanol–water partition coefficient (Wildman–Crippen LogP) is 4.66. The smallest absolute Gasteiger partial charge is 0.317 e. The summed E-state index contributed by atoms with van der Waals surface area (Å²) in [5.74, 6) is -0.225. The summed E-state index contributed by atoms with van der Waals surface area (Å²) in [6.45, 7) is 0.271. The lowest BCUT2D eigenvalue weighted by atomic mass is 9.77. The molecule has 0 aromatic heterocycles. The van der Waals surface area contributed by atoms with Crippen LogP contribution in [0.25, 0.3) is 0 Å². The van der Waals surface area contributed by atoms with Crippen molar-refractivity contribution >= 4 is 6.03 Å². The molecule has 0 radical (unpaired) electrons. The Balaban J connectivity index is 1.67. The minimum atomic E-state index is -0.456. The number of carbonyl (C=O) groups is 1. The van der Waals surface area contributed by atoms with Crippen LogP contribution in [0, 0.1) is 17.6 Å². The van der Waals surface area contributed by atoms with Gasteiger partial charge in [0, 0.05) is 13.6 Å². The van der Waals surface area contributed by atoms with Gasteiger partial charge >= 0.3 is 6.03 Å². The van der Waals surface area contributed by atoms with Gasteiger partial charge in [-0.05, 0) is 54.2 Å². The number of halogens is 2. The normalized spacial score (nSPS) is 15.0. The molecule has 27 heavy (non-hydrogen) atoms. The highest BCUT2D eigenvalue weighted by atomic mass is 19.1. The Hall–Kier alpha value is -2.63. The molecule has 144 valence electrons. The van der Waals surface area contributed by atoms with Crippen LogP contribution in [0.1, 0.15) is 36.4 Å². The number of nitrogens with one attached hydrogen (secondary N) is 1. The molecule has 2 aromatic carbocycles. The number of amides is 2. The first-order valence-electron chi connectivity index (χ1n) is 9.07. The Bertz CT molecular complexity index is 791. The number of hydrogen-bond acceptors (Lipinski definition) is 2. The summed E-state index contributed by atoms with van der Waals surface area (Å²) < 4.78 is 32.0. The first kappa shape index (κ1) is 19.1. The van der Waals surface area contributed by atoms with E-state index in [0.29, 0.717) is 11.5 Å². The van der Waals surface area contributed by atoms with Gasteiger partial charge in [-0.25, -0.2) is 13.6 Å². The zero-order chi connectivity index (χ0) is 19.4. The van der Waals surface area contributed by atoms with E-state index in [1.165, 1.54) is 30.2 Å². The summed E-state index contributed by atoms with van der Waals surface area (Å²) in [5.41, 5.74) is 1.58. The van der Waals surface area contributed by atoms with Crippen LogP contribution in [0.2, 0.25) is 0 Å². The van der Waals surface area contributed by atoms with Gasteiger partial charge in [0.2, 0.25) is 0 Å². The van der Waals surface area contributed by atoms with Crippen LogP contribution < -0.4 is 10.1 Å². The number of ether oxygens (including phenoxy) is 1. The lowest BCUT2D eigenvalue weighted by Crippen LogP contribution is -2.42. The van der Waals surface area contributed by atoms with Crippen LogP contribution in [0.4, 0.5) is 13.6 Å². The Labute approximate surface area is 158 Å². The van der Waals surface area contributed by atoms with E-state index in [9.17, 15) is 13.6 Å². The lowest BCUT2D eigenvalue weighted by molar-refractivity contribution is 0.182. The van der Waals surface area contributed by atoms with Crippen LogP contribution >= 0.6 is 0 Å². The van der Waals surface area contributed by atoms with Gasteiger partial charge in [-0.15, -0.1) is 0 Å². The van der Waals surface area contributed by atoms with E-state index in [-0.39, 0.29) is 30.2 Å². The van der Waals surface area contributed by atoms with Crippen LogP contribution in [0.15, 0.2) is 42.5 Å². The van der Waals surface area contributed by atoms with Crippen molar-refractivity contribution in [2.24, 2.45) is 5.92 Å². The molecule has 1 saturated carbocycles. The zero-order valence-electron chi connectivity index (χ0n) is 15.5. The Morgan fingerprint density at radius 1 is 1.22 bits per heavy atom. The summed E-state index contributed by atoms with van der Waals surface area (Å²) in [7, 11) is 3.08. The number of rotatable bonds is 6. The van der Waals surface area contributed by atoms with Gasteiger partial charge in [0.1, 0.15) is 5.82 Å². The monoisotopic (exact) mass is 374 g/mol. The molecule has 6 heteroatoms. The molecule has 3 rings (SSSR count). The van der Waals surface area contributed by atoms with E-state index in [1.807, 2.05) is 0 Å². The average molecular weight is 374 g/mol. The van der Waals surface area contributed by atoms with Crippen molar-refractivity contribution in [3.63, 3.8) is 0 Å². The van der Waals surface area contributed by atoms with Crippen molar-refractivity contribution in [3.05, 3.63) is 65.2 Å². The van der Waals surface area contributed by atoms with E-state index in [1.54, 1.807) is 31.3 Å². The number of benzene rings is 2. The summed E-state index contributed by atoms with van der Waals surface area (Å²) >= 11 is 0. The van der Waals surface area contributed by atoms with Crippen molar-refractivity contribution in [2.45, 2.75) is 31.8 Å². The molecule has 4 nitrogen and oxygen atoms in total. The van der Waals surface area contributed by atoms with Gasteiger partial charge in [-0.2, -0.15) is 0 Å². The van der Waals surface area contributed by atoms with Crippen LogP contribution in [-0.2, 0) is 6.54 Å². The number of carbonyl (C=O) groups excluding carboxylic acids is 1. The molecule has 0 spiro atoms. The molecule has 1 N–H and O–H groups in total. The van der Waals surface area contributed by atoms with Gasteiger partial charge in [0.05, 0.1) is 13.2 Å². The molecule has 1 unspecified atom stereocenters. The van der Waals surface area contributed by atoms with Crippen molar-refractivity contribution in [1.29, 1.82) is 0 Å². The molecular weight excluding hydrogens is 350 g/mol. The van der Waals surface area contributed by atoms with E-state index in [0.717, 1.165) is 24.8 Å². The third-order valence-corrected chi connectivity index (χ3v) is 5.11. The standard InChI is InChI=1S/C21H24F2N2O2/c1-25(13-14-6-11-19(27-2)18(23)12-14)21(26)24-20(15-4-3-5-15)16-7-9-17(22)10-8-16/h6-12,15,20H,3-5,13H2,1-2H3,(H,24,26). The van der Waals surface area contributed by atoms with Crippen LogP contribution in [-0.4, -0.2) is 25.1 Å². The molecule has 1 aliphatic rings. The Morgan fingerprint density at radius 2 is 1.93 bits per heavy atom. The summed E-state index contributed by atoms with van der Waals surface area (Å²) in [6, 6.07) is 10.5. The SMILES string of the molecule is COc1ccc(CN(C)C(=O)NC(c2ccc(F)cc2)C2CCC2)cc1F. The maximum absolute atomic E-state index is 13.9. The second-order valence-corrected chi connectivity index (χ2v) is 6.99. The highest BCUT2D eigenvalue weighted by Gasteiger charge is 2.30. The largest absolute Gasteiger partial charge is 0.494 e. The first-order valence-corrected chi connectivity index (χ1v) is 9.07. The maximum atomic E-state index is 13.9. The van der Waals surface area contributed by atoms with E-state index >= 15 is 0 Å². The third-order valence-electron chi connectivity index (χ3n) is 5.11. The number of hydrogen-bond donors (Lipinski definition) is 1. The predicted molar refractivity (Wildman–Crippen MR) is 99.4 cm³/mol. The molecule has 0 aliphatic heterocycles. The third kappa shape index (κ3) is 4.56. The Morgan fingerprint density at radius 3 is 2.48 bits per heavy atom. The topological polar surface area (TPSA) is 41.6 Å². The molecule has 1 atom stereocenters. The molecule has 2 aromatic rings. The van der Waals surface area contributed by atoms with Gasteiger partial charge in [-0.1, -0.05) is 24.6 Å². The second kappa shape index (κ2) is 8.37. The van der Waals surface area contributed by atoms with Crippen molar-refractivity contribution < 1.29 is 18.3 Å². The van der Waals surface area contributed by atoms with Gasteiger partial charge in [-0.3, -0.25) is 0 Å². The molecule has 1 fully saturated rings. The summed E-state index contributed by atoms with van der Waals surface area (Å²) in [4.78, 5) is 14.2. The lowest BCUT2D eigenvalue weighted by Gasteiger charge is -2.35. The fourth-order valence-electron chi connectivity index (χ4n) is 3.31. The highest BCUT2D eigenvalue weighted by Crippen LogP contribution is 2.37. The number of methoxy groups -OCH3 is 1. The van der Waals surface area contributed by atoms with Crippen LogP contribution in [0.5, 0.6) is 5.75 Å². The highest BCUT2D eigenvalue weighted by molar-refractivity contribution is 5.74. The summed E-state index contributed by atoms with van der Waals surface area (Å²) in [6.07, 6.45) is 3.21. The maximum Gasteiger partial charge on any atom is 0.317 e. The van der Waals surface area contributed by atoms with Gasteiger partial charge < -0.3 is 15.0 Å². The van der Waals surface area contributed by atoms with Crippen molar-refractivity contribution in [2.75, 3.05) is 14.2 Å².